The van der Waals surface area contributed by atoms with Gasteiger partial charge in [-0.25, -0.2) is 4.98 Å². The van der Waals surface area contributed by atoms with Gasteiger partial charge in [0.05, 0.1) is 6.04 Å². The molecule has 1 aliphatic rings. The van der Waals surface area contributed by atoms with Gasteiger partial charge >= 0.3 is 0 Å². The summed E-state index contributed by atoms with van der Waals surface area (Å²) in [4.78, 5) is 19.3. The summed E-state index contributed by atoms with van der Waals surface area (Å²) in [6, 6.07) is 18.2. The summed E-state index contributed by atoms with van der Waals surface area (Å²) in [7, 11) is 0. The summed E-state index contributed by atoms with van der Waals surface area (Å²) in [5.74, 6) is 1.02. The number of aromatic nitrogens is 2. The lowest BCUT2D eigenvalue weighted by atomic mass is 10.1. The quantitative estimate of drug-likeness (QED) is 0.753. The Morgan fingerprint density at radius 1 is 1.15 bits per heavy atom. The van der Waals surface area contributed by atoms with E-state index in [1.54, 1.807) is 6.20 Å². The van der Waals surface area contributed by atoms with Crippen LogP contribution in [0, 0.1) is 6.92 Å². The van der Waals surface area contributed by atoms with E-state index in [2.05, 4.69) is 27.3 Å². The number of benzene rings is 2. The molecule has 0 bridgehead atoms. The Morgan fingerprint density at radius 3 is 2.63 bits per heavy atom. The van der Waals surface area contributed by atoms with E-state index in [9.17, 15) is 4.79 Å². The number of carbonyl (C=O) groups is 1. The molecule has 0 spiro atoms. The average molecular weight is 360 g/mol. The Kier molecular flexibility index (Phi) is 5.03. The molecule has 3 aromatic rings. The first kappa shape index (κ1) is 17.5. The molecule has 1 saturated heterocycles. The second-order valence-corrected chi connectivity index (χ2v) is 6.99. The van der Waals surface area contributed by atoms with Crippen molar-refractivity contribution < 1.29 is 4.79 Å². The zero-order valence-corrected chi connectivity index (χ0v) is 15.5. The topological polar surface area (TPSA) is 50.2 Å². The van der Waals surface area contributed by atoms with Crippen molar-refractivity contribution in [3.8, 4) is 5.69 Å². The van der Waals surface area contributed by atoms with Crippen LogP contribution >= 0.6 is 0 Å². The number of imidazole rings is 1. The maximum Gasteiger partial charge on any atom is 0.241 e. The minimum Gasteiger partial charge on any atom is -0.325 e. The third-order valence-electron chi connectivity index (χ3n) is 5.13. The van der Waals surface area contributed by atoms with Crippen molar-refractivity contribution in [3.63, 3.8) is 0 Å². The number of amides is 1. The van der Waals surface area contributed by atoms with E-state index >= 15 is 0 Å². The van der Waals surface area contributed by atoms with Gasteiger partial charge in [0, 0.05) is 30.3 Å². The van der Waals surface area contributed by atoms with Crippen LogP contribution in [0.4, 0.5) is 5.69 Å². The second-order valence-electron chi connectivity index (χ2n) is 6.99. The van der Waals surface area contributed by atoms with E-state index in [4.69, 9.17) is 0 Å². The van der Waals surface area contributed by atoms with Crippen LogP contribution in [0.25, 0.3) is 5.69 Å². The predicted molar refractivity (Wildman–Crippen MR) is 107 cm³/mol. The Balaban J connectivity index is 1.41. The fourth-order valence-electron chi connectivity index (χ4n) is 3.71. The summed E-state index contributed by atoms with van der Waals surface area (Å²) >= 11 is 0. The van der Waals surface area contributed by atoms with Gasteiger partial charge in [-0.15, -0.1) is 0 Å². The van der Waals surface area contributed by atoms with Crippen molar-refractivity contribution in [2.24, 2.45) is 0 Å². The number of nitrogens with zero attached hydrogens (tertiary/aromatic N) is 3. The van der Waals surface area contributed by atoms with Crippen LogP contribution in [-0.4, -0.2) is 32.9 Å². The number of rotatable bonds is 5. The normalized spacial score (nSPS) is 17.1. The molecule has 4 rings (SSSR count). The molecule has 0 saturated carbocycles. The standard InChI is InChI=1S/C22H24N4O/c1-17-23-13-15-26(17)20-11-9-19(10-12-20)24-22(27)21-8-5-14-25(21)16-18-6-3-2-4-7-18/h2-4,6-7,9-13,15,21H,5,8,14,16H2,1H3,(H,24,27)/t21-/m0/s1. The summed E-state index contributed by atoms with van der Waals surface area (Å²) in [5.41, 5.74) is 3.11. The van der Waals surface area contributed by atoms with Crippen LogP contribution in [-0.2, 0) is 11.3 Å². The number of likely N-dealkylation sites (tertiary alicyclic amines) is 1. The molecular weight excluding hydrogens is 336 g/mol. The molecule has 138 valence electrons. The molecule has 1 aliphatic heterocycles. The summed E-state index contributed by atoms with van der Waals surface area (Å²) in [6.07, 6.45) is 5.68. The Labute approximate surface area is 159 Å². The van der Waals surface area contributed by atoms with Gasteiger partial charge in [0.15, 0.2) is 0 Å². The number of hydrogen-bond donors (Lipinski definition) is 1. The van der Waals surface area contributed by atoms with Crippen LogP contribution < -0.4 is 5.32 Å². The van der Waals surface area contributed by atoms with Crippen molar-refractivity contribution in [2.75, 3.05) is 11.9 Å². The smallest absolute Gasteiger partial charge is 0.241 e. The molecule has 1 N–H and O–H groups in total. The first-order valence-corrected chi connectivity index (χ1v) is 9.40. The van der Waals surface area contributed by atoms with E-state index in [-0.39, 0.29) is 11.9 Å². The van der Waals surface area contributed by atoms with Gasteiger partial charge in [-0.2, -0.15) is 0 Å². The van der Waals surface area contributed by atoms with E-state index in [1.165, 1.54) is 5.56 Å². The molecule has 27 heavy (non-hydrogen) atoms. The highest BCUT2D eigenvalue weighted by Gasteiger charge is 2.30. The molecule has 1 fully saturated rings. The molecular formula is C22H24N4O. The molecule has 1 aromatic heterocycles. The van der Waals surface area contributed by atoms with E-state index in [0.29, 0.717) is 0 Å². The largest absolute Gasteiger partial charge is 0.325 e. The molecule has 1 amide bonds. The minimum absolute atomic E-state index is 0.0687. The average Bonchev–Trinajstić information content (AvgIpc) is 3.32. The van der Waals surface area contributed by atoms with Crippen LogP contribution in [0.5, 0.6) is 0 Å². The van der Waals surface area contributed by atoms with Crippen molar-refractivity contribution in [3.05, 3.63) is 78.4 Å². The molecule has 0 unspecified atom stereocenters. The Hall–Kier alpha value is -2.92. The highest BCUT2D eigenvalue weighted by atomic mass is 16.2. The monoisotopic (exact) mass is 360 g/mol. The van der Waals surface area contributed by atoms with E-state index in [0.717, 1.165) is 43.1 Å². The zero-order valence-electron chi connectivity index (χ0n) is 15.5. The van der Waals surface area contributed by atoms with Gasteiger partial charge in [-0.1, -0.05) is 30.3 Å². The number of hydrogen-bond acceptors (Lipinski definition) is 3. The van der Waals surface area contributed by atoms with Crippen LogP contribution in [0.1, 0.15) is 24.2 Å². The maximum atomic E-state index is 12.8. The fraction of sp³-hybridized carbons (Fsp3) is 0.273. The molecule has 1 atom stereocenters. The summed E-state index contributed by atoms with van der Waals surface area (Å²) in [6.45, 7) is 3.75. The first-order chi connectivity index (χ1) is 13.2. The fourth-order valence-corrected chi connectivity index (χ4v) is 3.71. The third-order valence-corrected chi connectivity index (χ3v) is 5.13. The Morgan fingerprint density at radius 2 is 1.93 bits per heavy atom. The van der Waals surface area contributed by atoms with Gasteiger partial charge in [-0.3, -0.25) is 9.69 Å². The first-order valence-electron chi connectivity index (χ1n) is 9.40. The second kappa shape index (κ2) is 7.76. The van der Waals surface area contributed by atoms with Crippen molar-refractivity contribution >= 4 is 11.6 Å². The lowest BCUT2D eigenvalue weighted by Crippen LogP contribution is -2.39. The van der Waals surface area contributed by atoms with E-state index in [1.807, 2.05) is 60.2 Å². The van der Waals surface area contributed by atoms with Gasteiger partial charge in [0.25, 0.3) is 0 Å². The summed E-state index contributed by atoms with van der Waals surface area (Å²) < 4.78 is 2.02. The van der Waals surface area contributed by atoms with Crippen molar-refractivity contribution in [1.82, 2.24) is 14.5 Å². The van der Waals surface area contributed by atoms with Crippen LogP contribution in [0.3, 0.4) is 0 Å². The highest BCUT2D eigenvalue weighted by molar-refractivity contribution is 5.95. The van der Waals surface area contributed by atoms with Crippen molar-refractivity contribution in [2.45, 2.75) is 32.4 Å². The highest BCUT2D eigenvalue weighted by Crippen LogP contribution is 2.22. The van der Waals surface area contributed by atoms with E-state index < -0.39 is 0 Å². The van der Waals surface area contributed by atoms with Gasteiger partial charge in [-0.05, 0) is 56.1 Å². The lowest BCUT2D eigenvalue weighted by Gasteiger charge is -2.23. The third kappa shape index (κ3) is 3.93. The van der Waals surface area contributed by atoms with Crippen molar-refractivity contribution in [1.29, 1.82) is 0 Å². The molecule has 0 aliphatic carbocycles. The summed E-state index contributed by atoms with van der Waals surface area (Å²) in [5, 5.41) is 3.08. The number of nitrogens with one attached hydrogen (secondary N) is 1. The molecule has 5 nitrogen and oxygen atoms in total. The molecule has 0 radical (unpaired) electrons. The zero-order chi connectivity index (χ0) is 18.6. The van der Waals surface area contributed by atoms with Crippen LogP contribution in [0.2, 0.25) is 0 Å². The maximum absolute atomic E-state index is 12.8. The predicted octanol–water partition coefficient (Wildman–Crippen LogP) is 3.78. The van der Waals surface area contributed by atoms with Gasteiger partial charge in [0.1, 0.15) is 5.82 Å². The van der Waals surface area contributed by atoms with Gasteiger partial charge in [0.2, 0.25) is 5.91 Å². The molecule has 2 aromatic carbocycles. The lowest BCUT2D eigenvalue weighted by molar-refractivity contribution is -0.120. The van der Waals surface area contributed by atoms with Gasteiger partial charge < -0.3 is 9.88 Å². The van der Waals surface area contributed by atoms with Crippen LogP contribution in [0.15, 0.2) is 67.0 Å². The Bertz CT molecular complexity index is 902. The number of anilines is 1. The molecule has 5 heteroatoms. The SMILES string of the molecule is Cc1nccn1-c1ccc(NC(=O)[C@@H]2CCCN2Cc2ccccc2)cc1. The molecule has 2 heterocycles. The number of aryl methyl sites for hydroxylation is 1. The minimum atomic E-state index is -0.0687. The number of carbonyl (C=O) groups excluding carboxylic acids is 1.